The first-order valence-electron chi connectivity index (χ1n) is 13.3. The zero-order chi connectivity index (χ0) is 27.0. The number of benzene rings is 4. The summed E-state index contributed by atoms with van der Waals surface area (Å²) in [5.41, 5.74) is 6.77. The summed E-state index contributed by atoms with van der Waals surface area (Å²) in [5.74, 6) is 1.29. The van der Waals surface area contributed by atoms with Gasteiger partial charge >= 0.3 is 0 Å². The van der Waals surface area contributed by atoms with Crippen molar-refractivity contribution in [2.75, 3.05) is 10.0 Å². The van der Waals surface area contributed by atoms with E-state index in [1.807, 2.05) is 74.5 Å². The van der Waals surface area contributed by atoms with Gasteiger partial charge in [0, 0.05) is 11.6 Å². The molecule has 1 aliphatic carbocycles. The molecule has 6 heteroatoms. The number of hydrogen-bond donors (Lipinski definition) is 2. The van der Waals surface area contributed by atoms with Crippen molar-refractivity contribution in [3.63, 3.8) is 0 Å². The lowest BCUT2D eigenvalue weighted by Gasteiger charge is -2.37. The fourth-order valence-electron chi connectivity index (χ4n) is 5.75. The number of rotatable bonds is 7. The van der Waals surface area contributed by atoms with Crippen LogP contribution in [0, 0.1) is 19.8 Å². The molecule has 4 aromatic carbocycles. The van der Waals surface area contributed by atoms with Crippen LogP contribution in [0.4, 0.5) is 11.4 Å². The summed E-state index contributed by atoms with van der Waals surface area (Å²) < 4.78 is 35.6. The second-order valence-electron chi connectivity index (χ2n) is 10.4. The fourth-order valence-corrected chi connectivity index (χ4v) is 6.99. The number of allylic oxidation sites excluding steroid dienone is 2. The Labute approximate surface area is 230 Å². The largest absolute Gasteiger partial charge is 0.489 e. The minimum Gasteiger partial charge on any atom is -0.489 e. The summed E-state index contributed by atoms with van der Waals surface area (Å²) in [6.45, 7) is 4.36. The van der Waals surface area contributed by atoms with Crippen LogP contribution in [0.1, 0.15) is 46.2 Å². The van der Waals surface area contributed by atoms with Gasteiger partial charge in [0.2, 0.25) is 0 Å². The molecule has 0 radical (unpaired) electrons. The zero-order valence-electron chi connectivity index (χ0n) is 22.1. The molecule has 3 unspecified atom stereocenters. The highest BCUT2D eigenvalue weighted by Gasteiger charge is 2.38. The second kappa shape index (κ2) is 10.3. The highest BCUT2D eigenvalue weighted by molar-refractivity contribution is 7.92. The lowest BCUT2D eigenvalue weighted by Crippen LogP contribution is -2.29. The maximum atomic E-state index is 13.4. The molecule has 0 bridgehead atoms. The number of nitrogens with one attached hydrogen (secondary N) is 2. The van der Waals surface area contributed by atoms with Crippen LogP contribution in [0.25, 0.3) is 0 Å². The summed E-state index contributed by atoms with van der Waals surface area (Å²) in [6.07, 6.45) is 5.38. The molecule has 0 saturated heterocycles. The van der Waals surface area contributed by atoms with Gasteiger partial charge in [-0.2, -0.15) is 0 Å². The standard InChI is InChI=1S/C33H32N2O3S/c1-22-8-6-9-23(2)32(22)35-39(36,37)27-18-19-31-30(20-27)28-12-7-13-29(28)33(34-31)25-14-16-26(17-15-25)38-21-24-10-4-3-5-11-24/h3-12,14-20,28-29,33-35H,13,21H2,1-2H3. The van der Waals surface area contributed by atoms with Crippen LogP contribution in [0.5, 0.6) is 5.75 Å². The van der Waals surface area contributed by atoms with Gasteiger partial charge in [-0.1, -0.05) is 72.8 Å². The summed E-state index contributed by atoms with van der Waals surface area (Å²) in [6, 6.07) is 29.8. The third-order valence-corrected chi connectivity index (χ3v) is 9.20. The molecule has 2 aliphatic rings. The SMILES string of the molecule is Cc1cccc(C)c1NS(=O)(=O)c1ccc2c(c1)C1C=CCC1C(c1ccc(OCc3ccccc3)cc1)N2. The average molecular weight is 537 g/mol. The molecule has 198 valence electrons. The molecule has 4 aromatic rings. The van der Waals surface area contributed by atoms with Crippen LogP contribution < -0.4 is 14.8 Å². The molecule has 0 saturated carbocycles. The van der Waals surface area contributed by atoms with Gasteiger partial charge in [-0.15, -0.1) is 0 Å². The Balaban J connectivity index is 1.23. The van der Waals surface area contributed by atoms with Crippen LogP contribution in [0.2, 0.25) is 0 Å². The predicted octanol–water partition coefficient (Wildman–Crippen LogP) is 7.51. The molecular formula is C33H32N2O3S. The monoisotopic (exact) mass is 536 g/mol. The third-order valence-electron chi connectivity index (χ3n) is 7.85. The van der Waals surface area contributed by atoms with Crippen LogP contribution in [-0.4, -0.2) is 8.42 Å². The maximum absolute atomic E-state index is 13.4. The third kappa shape index (κ3) is 5.04. The summed E-state index contributed by atoms with van der Waals surface area (Å²) >= 11 is 0. The second-order valence-corrected chi connectivity index (χ2v) is 12.1. The number of para-hydroxylation sites is 1. The molecule has 0 fully saturated rings. The lowest BCUT2D eigenvalue weighted by molar-refractivity contribution is 0.306. The molecule has 0 aromatic heterocycles. The summed E-state index contributed by atoms with van der Waals surface area (Å²) in [5, 5.41) is 3.71. The molecule has 0 spiro atoms. The van der Waals surface area contributed by atoms with E-state index in [1.54, 1.807) is 6.07 Å². The summed E-state index contributed by atoms with van der Waals surface area (Å²) in [4.78, 5) is 0.281. The quantitative estimate of drug-likeness (QED) is 0.240. The van der Waals surface area contributed by atoms with Crippen LogP contribution in [0.15, 0.2) is 108 Å². The molecule has 2 N–H and O–H groups in total. The van der Waals surface area contributed by atoms with E-state index in [2.05, 4.69) is 46.5 Å². The molecule has 6 rings (SSSR count). The topological polar surface area (TPSA) is 67.4 Å². The van der Waals surface area contributed by atoms with Gasteiger partial charge in [-0.05, 0) is 84.3 Å². The molecular weight excluding hydrogens is 504 g/mol. The van der Waals surface area contributed by atoms with Gasteiger partial charge in [0.1, 0.15) is 12.4 Å². The van der Waals surface area contributed by atoms with Crippen molar-refractivity contribution in [3.05, 3.63) is 131 Å². The Morgan fingerprint density at radius 2 is 1.64 bits per heavy atom. The van der Waals surface area contributed by atoms with E-state index in [0.29, 0.717) is 18.2 Å². The first kappa shape index (κ1) is 25.3. The van der Waals surface area contributed by atoms with E-state index < -0.39 is 10.0 Å². The van der Waals surface area contributed by atoms with E-state index in [1.165, 1.54) is 5.56 Å². The van der Waals surface area contributed by atoms with E-state index in [0.717, 1.165) is 40.1 Å². The molecule has 39 heavy (non-hydrogen) atoms. The van der Waals surface area contributed by atoms with Crippen molar-refractivity contribution in [2.24, 2.45) is 5.92 Å². The van der Waals surface area contributed by atoms with E-state index >= 15 is 0 Å². The molecule has 1 aliphatic heterocycles. The molecule has 0 amide bonds. The highest BCUT2D eigenvalue weighted by Crippen LogP contribution is 2.50. The Morgan fingerprint density at radius 3 is 2.38 bits per heavy atom. The van der Waals surface area contributed by atoms with E-state index in [9.17, 15) is 8.42 Å². The van der Waals surface area contributed by atoms with Gasteiger partial charge in [0.25, 0.3) is 10.0 Å². The number of anilines is 2. The lowest BCUT2D eigenvalue weighted by atomic mass is 9.77. The smallest absolute Gasteiger partial charge is 0.261 e. The molecule has 1 heterocycles. The minimum atomic E-state index is -3.73. The van der Waals surface area contributed by atoms with E-state index in [-0.39, 0.29) is 16.9 Å². The van der Waals surface area contributed by atoms with Crippen LogP contribution in [0.3, 0.4) is 0 Å². The highest BCUT2D eigenvalue weighted by atomic mass is 32.2. The maximum Gasteiger partial charge on any atom is 0.261 e. The minimum absolute atomic E-state index is 0.121. The van der Waals surface area contributed by atoms with Crippen molar-refractivity contribution < 1.29 is 13.2 Å². The Morgan fingerprint density at radius 1 is 0.897 bits per heavy atom. The van der Waals surface area contributed by atoms with Gasteiger partial charge in [0.05, 0.1) is 16.6 Å². The fraction of sp³-hybridized carbons (Fsp3) is 0.212. The number of aryl methyl sites for hydroxylation is 2. The normalized spacial score (nSPS) is 19.6. The number of ether oxygens (including phenoxy) is 1. The Kier molecular flexibility index (Phi) is 6.65. The Hall–Kier alpha value is -4.03. The average Bonchev–Trinajstić information content (AvgIpc) is 3.45. The van der Waals surface area contributed by atoms with Gasteiger partial charge in [0.15, 0.2) is 0 Å². The van der Waals surface area contributed by atoms with Gasteiger partial charge in [-0.3, -0.25) is 4.72 Å². The summed E-state index contributed by atoms with van der Waals surface area (Å²) in [7, 11) is -3.73. The number of sulfonamides is 1. The first-order chi connectivity index (χ1) is 18.9. The van der Waals surface area contributed by atoms with Crippen LogP contribution in [-0.2, 0) is 16.6 Å². The number of hydrogen-bond acceptors (Lipinski definition) is 4. The van der Waals surface area contributed by atoms with Crippen molar-refractivity contribution in [1.29, 1.82) is 0 Å². The Bertz CT molecular complexity index is 1610. The zero-order valence-corrected chi connectivity index (χ0v) is 22.9. The number of fused-ring (bicyclic) bond motifs is 3. The first-order valence-corrected chi connectivity index (χ1v) is 14.8. The molecule has 3 atom stereocenters. The van der Waals surface area contributed by atoms with E-state index in [4.69, 9.17) is 4.74 Å². The van der Waals surface area contributed by atoms with Crippen molar-refractivity contribution in [2.45, 2.75) is 43.7 Å². The van der Waals surface area contributed by atoms with Gasteiger partial charge < -0.3 is 10.1 Å². The van der Waals surface area contributed by atoms with Crippen molar-refractivity contribution in [3.8, 4) is 5.75 Å². The van der Waals surface area contributed by atoms with Gasteiger partial charge in [-0.25, -0.2) is 8.42 Å². The predicted molar refractivity (Wildman–Crippen MR) is 157 cm³/mol. The van der Waals surface area contributed by atoms with Crippen molar-refractivity contribution >= 4 is 21.4 Å². The van der Waals surface area contributed by atoms with Crippen LogP contribution >= 0.6 is 0 Å². The molecule has 5 nitrogen and oxygen atoms in total. The van der Waals surface area contributed by atoms with Crippen molar-refractivity contribution in [1.82, 2.24) is 0 Å².